The number of allylic oxidation sites excluding steroid dienone is 1. The average Bonchev–Trinajstić information content (AvgIpc) is 3.41. The number of benzene rings is 2. The molecule has 8 nitrogen and oxygen atoms in total. The molecule has 0 atom stereocenters. The Bertz CT molecular complexity index is 1430. The molecule has 0 saturated heterocycles. The molecule has 3 heterocycles. The number of carboxylic acid groups (broad SMARTS) is 1. The zero-order valence-electron chi connectivity index (χ0n) is 20.4. The van der Waals surface area contributed by atoms with Crippen molar-refractivity contribution in [3.05, 3.63) is 108 Å². The highest BCUT2D eigenvalue weighted by atomic mass is 16.5. The molecule has 1 aliphatic rings. The van der Waals surface area contributed by atoms with Gasteiger partial charge in [-0.25, -0.2) is 9.67 Å². The Kier molecular flexibility index (Phi) is 7.25. The molecule has 0 amide bonds. The van der Waals surface area contributed by atoms with Crippen molar-refractivity contribution in [1.82, 2.24) is 9.78 Å². The molecule has 0 fully saturated rings. The number of anilines is 1. The van der Waals surface area contributed by atoms with Crippen LogP contribution < -0.4 is 20.1 Å². The van der Waals surface area contributed by atoms with Crippen molar-refractivity contribution in [3.63, 3.8) is 0 Å². The molecule has 1 aliphatic heterocycles. The third-order valence-electron chi connectivity index (χ3n) is 5.59. The third-order valence-corrected chi connectivity index (χ3v) is 5.59. The maximum absolute atomic E-state index is 8.89. The van der Waals surface area contributed by atoms with Gasteiger partial charge < -0.3 is 20.4 Å². The second kappa shape index (κ2) is 10.7. The number of rotatable bonds is 5. The van der Waals surface area contributed by atoms with Crippen LogP contribution in [0.5, 0.6) is 5.75 Å². The molecule has 0 unspecified atom stereocenters. The largest absolute Gasteiger partial charge is 0.550 e. The summed E-state index contributed by atoms with van der Waals surface area (Å²) in [4.78, 5) is 13.8. The number of carboxylic acids is 1. The minimum Gasteiger partial charge on any atom is -0.550 e. The molecule has 4 aromatic rings. The Labute approximate surface area is 209 Å². The van der Waals surface area contributed by atoms with Crippen molar-refractivity contribution in [3.8, 4) is 5.75 Å². The van der Waals surface area contributed by atoms with Gasteiger partial charge in [-0.1, -0.05) is 29.8 Å². The van der Waals surface area contributed by atoms with Crippen LogP contribution in [-0.2, 0) is 11.3 Å². The van der Waals surface area contributed by atoms with Crippen LogP contribution in [0.1, 0.15) is 29.3 Å². The lowest BCUT2D eigenvalue weighted by atomic mass is 10.1. The molecule has 2 aromatic carbocycles. The number of hydrogen-bond donors (Lipinski definition) is 1. The molecular formula is C28H27N5O3. The Hall–Kier alpha value is -4.72. The summed E-state index contributed by atoms with van der Waals surface area (Å²) in [6.45, 7) is 3.65. The van der Waals surface area contributed by atoms with Crippen LogP contribution >= 0.6 is 0 Å². The lowest BCUT2D eigenvalue weighted by molar-refractivity contribution is -0.577. The average molecular weight is 482 g/mol. The summed E-state index contributed by atoms with van der Waals surface area (Å²) in [5.41, 5.74) is 13.4. The van der Waals surface area contributed by atoms with E-state index in [4.69, 9.17) is 25.4 Å². The van der Waals surface area contributed by atoms with Gasteiger partial charge >= 0.3 is 0 Å². The fourth-order valence-electron chi connectivity index (χ4n) is 3.80. The summed E-state index contributed by atoms with van der Waals surface area (Å²) in [7, 11) is 1.67. The first kappa shape index (κ1) is 24.4. The molecule has 5 rings (SSSR count). The zero-order chi connectivity index (χ0) is 25.7. The molecular weight excluding hydrogens is 454 g/mol. The minimum absolute atomic E-state index is 0.548. The van der Waals surface area contributed by atoms with Gasteiger partial charge in [0, 0.05) is 29.7 Å². The first-order chi connectivity index (χ1) is 17.4. The molecule has 182 valence electrons. The van der Waals surface area contributed by atoms with E-state index < -0.39 is 5.97 Å². The molecule has 2 N–H and O–H groups in total. The van der Waals surface area contributed by atoms with Crippen molar-refractivity contribution < 1.29 is 19.2 Å². The molecule has 0 radical (unpaired) electrons. The highest BCUT2D eigenvalue weighted by molar-refractivity contribution is 6.13. The number of nitrogens with zero attached hydrogens (tertiary/aromatic N) is 4. The SMILES string of the molecule is CC(=O)[O-].COc1ccc(C2=C/C(=N\c3cnn(Cc4ccc(C)cc4)c3N)c3cccc[n+]32)cc1. The second-order valence-corrected chi connectivity index (χ2v) is 8.26. The van der Waals surface area contributed by atoms with Gasteiger partial charge in [0.15, 0.2) is 6.20 Å². The zero-order valence-corrected chi connectivity index (χ0v) is 20.4. The Balaban J connectivity index is 0.000000709. The maximum atomic E-state index is 8.89. The highest BCUT2D eigenvalue weighted by Gasteiger charge is 2.29. The smallest absolute Gasteiger partial charge is 0.237 e. The van der Waals surface area contributed by atoms with E-state index in [-0.39, 0.29) is 0 Å². The number of aromatic nitrogens is 3. The molecule has 0 bridgehead atoms. The van der Waals surface area contributed by atoms with Gasteiger partial charge in [-0.15, -0.1) is 0 Å². The number of ether oxygens (including phenoxy) is 1. The lowest BCUT2D eigenvalue weighted by Gasteiger charge is -2.05. The first-order valence-corrected chi connectivity index (χ1v) is 11.4. The molecule has 36 heavy (non-hydrogen) atoms. The van der Waals surface area contributed by atoms with Crippen LogP contribution in [0.25, 0.3) is 5.70 Å². The normalized spacial score (nSPS) is 13.0. The van der Waals surface area contributed by atoms with Gasteiger partial charge in [0.05, 0.1) is 19.9 Å². The minimum atomic E-state index is -1.08. The Morgan fingerprint density at radius 2 is 1.81 bits per heavy atom. The first-order valence-electron chi connectivity index (χ1n) is 11.4. The fourth-order valence-corrected chi connectivity index (χ4v) is 3.80. The van der Waals surface area contributed by atoms with Crippen LogP contribution in [0.15, 0.2) is 90.2 Å². The van der Waals surface area contributed by atoms with Crippen LogP contribution in [-0.4, -0.2) is 28.6 Å². The topological polar surface area (TPSA) is 109 Å². The van der Waals surface area contributed by atoms with Crippen molar-refractivity contribution in [1.29, 1.82) is 0 Å². The molecule has 0 aliphatic carbocycles. The second-order valence-electron chi connectivity index (χ2n) is 8.26. The molecule has 8 heteroatoms. The van der Waals surface area contributed by atoms with Crippen molar-refractivity contribution >= 4 is 28.9 Å². The van der Waals surface area contributed by atoms with E-state index in [2.05, 4.69) is 53.0 Å². The monoisotopic (exact) mass is 481 g/mol. The summed E-state index contributed by atoms with van der Waals surface area (Å²) >= 11 is 0. The predicted molar refractivity (Wildman–Crippen MR) is 137 cm³/mol. The standard InChI is InChI=1S/C26H23N5O.C2H4O2/c1-18-6-8-19(9-7-18)17-31-26(27)23(16-28-31)29-22-15-25(30-14-4-3-5-24(22)30)20-10-12-21(32-2)13-11-20;1-2(3)4/h3-16,27H,17H2,1-2H3;1H3,(H,3,4). The molecule has 2 aromatic heterocycles. The molecule has 0 spiro atoms. The van der Waals surface area contributed by atoms with E-state index >= 15 is 0 Å². The van der Waals surface area contributed by atoms with Crippen molar-refractivity contribution in [2.24, 2.45) is 4.99 Å². The van der Waals surface area contributed by atoms with Gasteiger partial charge in [-0.05, 0) is 49.7 Å². The number of hydrogen-bond acceptors (Lipinski definition) is 6. The number of nitrogen functional groups attached to an aromatic ring is 1. The summed E-state index contributed by atoms with van der Waals surface area (Å²) < 4.78 is 9.21. The highest BCUT2D eigenvalue weighted by Crippen LogP contribution is 2.27. The summed E-state index contributed by atoms with van der Waals surface area (Å²) in [5.74, 6) is 0.292. The summed E-state index contributed by atoms with van der Waals surface area (Å²) in [6.07, 6.45) is 5.84. The summed E-state index contributed by atoms with van der Waals surface area (Å²) in [5, 5.41) is 13.4. The summed E-state index contributed by atoms with van der Waals surface area (Å²) in [6, 6.07) is 22.5. The van der Waals surface area contributed by atoms with E-state index in [1.165, 1.54) is 5.56 Å². The number of pyridine rings is 1. The number of aryl methyl sites for hydroxylation is 1. The number of methoxy groups -OCH3 is 1. The molecule has 0 saturated carbocycles. The number of carbonyl (C=O) groups is 1. The fraction of sp³-hybridized carbons (Fsp3) is 0.143. The van der Waals surface area contributed by atoms with E-state index in [0.29, 0.717) is 18.1 Å². The predicted octanol–water partition coefficient (Wildman–Crippen LogP) is 2.90. The van der Waals surface area contributed by atoms with Gasteiger partial charge in [-0.3, -0.25) is 0 Å². The Morgan fingerprint density at radius 3 is 2.47 bits per heavy atom. The third kappa shape index (κ3) is 5.50. The van der Waals surface area contributed by atoms with Crippen molar-refractivity contribution in [2.75, 3.05) is 12.8 Å². The van der Waals surface area contributed by atoms with E-state index in [9.17, 15) is 0 Å². The lowest BCUT2D eigenvalue weighted by Crippen LogP contribution is -2.34. The van der Waals surface area contributed by atoms with E-state index in [1.54, 1.807) is 18.0 Å². The van der Waals surface area contributed by atoms with Crippen LogP contribution in [0.2, 0.25) is 0 Å². The van der Waals surface area contributed by atoms with Crippen LogP contribution in [0, 0.1) is 6.92 Å². The number of nitrogens with two attached hydrogens (primary N) is 1. The van der Waals surface area contributed by atoms with E-state index in [0.717, 1.165) is 40.9 Å². The van der Waals surface area contributed by atoms with Gasteiger partial charge in [0.2, 0.25) is 11.4 Å². The number of aliphatic imine (C=N–C) groups is 1. The van der Waals surface area contributed by atoms with Crippen LogP contribution in [0.4, 0.5) is 11.5 Å². The number of fused-ring (bicyclic) bond motifs is 1. The van der Waals surface area contributed by atoms with Gasteiger partial charge in [-0.2, -0.15) is 9.67 Å². The number of aliphatic carboxylic acids is 1. The van der Waals surface area contributed by atoms with Crippen LogP contribution in [0.3, 0.4) is 0 Å². The quantitative estimate of drug-likeness (QED) is 0.441. The van der Waals surface area contributed by atoms with Gasteiger partial charge in [0.1, 0.15) is 23.0 Å². The van der Waals surface area contributed by atoms with Gasteiger partial charge in [0.25, 0.3) is 0 Å². The Morgan fingerprint density at radius 1 is 1.11 bits per heavy atom. The van der Waals surface area contributed by atoms with Crippen molar-refractivity contribution in [2.45, 2.75) is 20.4 Å². The van der Waals surface area contributed by atoms with E-state index in [1.807, 2.05) is 42.6 Å². The maximum Gasteiger partial charge on any atom is 0.237 e. The number of carbonyl (C=O) groups excluding carboxylic acids is 1.